The zero-order chi connectivity index (χ0) is 20.5. The average Bonchev–Trinajstić information content (AvgIpc) is 2.64. The smallest absolute Gasteiger partial charge is 0.310 e. The van der Waals surface area contributed by atoms with Gasteiger partial charge in [0.1, 0.15) is 12.2 Å². The van der Waals surface area contributed by atoms with E-state index in [-0.39, 0.29) is 24.5 Å². The number of esters is 2. The third kappa shape index (κ3) is 6.84. The van der Waals surface area contributed by atoms with Crippen molar-refractivity contribution in [1.82, 2.24) is 0 Å². The number of ether oxygens (including phenoxy) is 2. The van der Waals surface area contributed by atoms with Crippen molar-refractivity contribution in [3.63, 3.8) is 0 Å². The standard InChI is InChI=1S/C24H30O4/c1-5-8-22(27-18(4)25)16-24(26)28-23(14-11-17(2)3)21-13-12-19-9-6-7-10-20(19)15-21/h6-7,9-13,15,22-23H,5,8,14,16H2,1-4H3. The van der Waals surface area contributed by atoms with Crippen LogP contribution in [0.2, 0.25) is 0 Å². The topological polar surface area (TPSA) is 52.6 Å². The van der Waals surface area contributed by atoms with E-state index in [9.17, 15) is 9.59 Å². The molecule has 0 saturated carbocycles. The average molecular weight is 383 g/mol. The Balaban J connectivity index is 2.18. The molecule has 0 saturated heterocycles. The summed E-state index contributed by atoms with van der Waals surface area (Å²) in [5.41, 5.74) is 2.13. The van der Waals surface area contributed by atoms with Gasteiger partial charge in [-0.15, -0.1) is 0 Å². The minimum Gasteiger partial charge on any atom is -0.462 e. The minimum absolute atomic E-state index is 0.0757. The molecule has 0 aliphatic rings. The predicted molar refractivity (Wildman–Crippen MR) is 112 cm³/mol. The van der Waals surface area contributed by atoms with Crippen molar-refractivity contribution in [1.29, 1.82) is 0 Å². The molecular weight excluding hydrogens is 352 g/mol. The molecule has 4 nitrogen and oxygen atoms in total. The van der Waals surface area contributed by atoms with Crippen molar-refractivity contribution in [2.45, 2.75) is 65.6 Å². The molecule has 0 aliphatic carbocycles. The van der Waals surface area contributed by atoms with Gasteiger partial charge < -0.3 is 9.47 Å². The molecule has 0 aromatic heterocycles. The predicted octanol–water partition coefficient (Wildman–Crippen LogP) is 5.90. The largest absolute Gasteiger partial charge is 0.462 e. The van der Waals surface area contributed by atoms with Crippen LogP contribution >= 0.6 is 0 Å². The van der Waals surface area contributed by atoms with Crippen LogP contribution in [0.1, 0.15) is 65.0 Å². The monoisotopic (exact) mass is 382 g/mol. The highest BCUT2D eigenvalue weighted by Gasteiger charge is 2.21. The van der Waals surface area contributed by atoms with E-state index in [4.69, 9.17) is 9.47 Å². The summed E-state index contributed by atoms with van der Waals surface area (Å²) in [4.78, 5) is 23.8. The summed E-state index contributed by atoms with van der Waals surface area (Å²) < 4.78 is 11.1. The van der Waals surface area contributed by atoms with Crippen LogP contribution in [0.15, 0.2) is 54.1 Å². The lowest BCUT2D eigenvalue weighted by atomic mass is 10.0. The normalized spacial score (nSPS) is 12.9. The summed E-state index contributed by atoms with van der Waals surface area (Å²) in [5, 5.41) is 2.26. The van der Waals surface area contributed by atoms with Crippen molar-refractivity contribution >= 4 is 22.7 Å². The van der Waals surface area contributed by atoms with Crippen LogP contribution in [0.25, 0.3) is 10.8 Å². The molecule has 0 amide bonds. The molecule has 2 aromatic carbocycles. The zero-order valence-corrected chi connectivity index (χ0v) is 17.2. The molecule has 2 rings (SSSR count). The first-order valence-corrected chi connectivity index (χ1v) is 9.87. The molecule has 0 bridgehead atoms. The lowest BCUT2D eigenvalue weighted by Gasteiger charge is -2.20. The first kappa shape index (κ1) is 21.7. The number of hydrogen-bond acceptors (Lipinski definition) is 4. The fourth-order valence-corrected chi connectivity index (χ4v) is 3.16. The van der Waals surface area contributed by atoms with E-state index < -0.39 is 6.10 Å². The minimum atomic E-state index is -0.435. The summed E-state index contributed by atoms with van der Waals surface area (Å²) in [6.07, 6.45) is 3.43. The van der Waals surface area contributed by atoms with E-state index >= 15 is 0 Å². The second-order valence-corrected chi connectivity index (χ2v) is 7.33. The van der Waals surface area contributed by atoms with Crippen molar-refractivity contribution in [2.24, 2.45) is 0 Å². The van der Waals surface area contributed by atoms with E-state index in [0.29, 0.717) is 12.8 Å². The Labute approximate surface area is 167 Å². The molecule has 2 aromatic rings. The van der Waals surface area contributed by atoms with E-state index in [1.807, 2.05) is 45.0 Å². The van der Waals surface area contributed by atoms with E-state index in [2.05, 4.69) is 24.3 Å². The van der Waals surface area contributed by atoms with Crippen LogP contribution in [-0.4, -0.2) is 18.0 Å². The summed E-state index contributed by atoms with van der Waals surface area (Å²) in [6.45, 7) is 7.41. The number of benzene rings is 2. The molecule has 0 fully saturated rings. The quantitative estimate of drug-likeness (QED) is 0.400. The van der Waals surface area contributed by atoms with E-state index in [1.165, 1.54) is 12.5 Å². The highest BCUT2D eigenvalue weighted by molar-refractivity contribution is 5.83. The Kier molecular flexibility index (Phi) is 8.24. The number of carbonyl (C=O) groups is 2. The zero-order valence-electron chi connectivity index (χ0n) is 17.2. The third-order valence-electron chi connectivity index (χ3n) is 4.50. The molecular formula is C24H30O4. The molecule has 2 unspecified atom stereocenters. The molecule has 4 heteroatoms. The van der Waals surface area contributed by atoms with Gasteiger partial charge in [0.05, 0.1) is 6.42 Å². The molecule has 0 aliphatic heterocycles. The number of allylic oxidation sites excluding steroid dienone is 1. The number of carbonyl (C=O) groups excluding carboxylic acids is 2. The lowest BCUT2D eigenvalue weighted by Crippen LogP contribution is -2.22. The Hall–Kier alpha value is -2.62. The second-order valence-electron chi connectivity index (χ2n) is 7.33. The molecule has 0 radical (unpaired) electrons. The number of hydrogen-bond donors (Lipinski definition) is 0. The Morgan fingerprint density at radius 3 is 2.36 bits per heavy atom. The summed E-state index contributed by atoms with van der Waals surface area (Å²) in [5.74, 6) is -0.720. The van der Waals surface area contributed by atoms with Gasteiger partial charge in [-0.2, -0.15) is 0 Å². The Bertz CT molecular complexity index is 833. The fraction of sp³-hybridized carbons (Fsp3) is 0.417. The lowest BCUT2D eigenvalue weighted by molar-refractivity contribution is -0.157. The van der Waals surface area contributed by atoms with Gasteiger partial charge in [0.15, 0.2) is 0 Å². The maximum atomic E-state index is 12.6. The van der Waals surface area contributed by atoms with Gasteiger partial charge in [0, 0.05) is 13.3 Å². The fourth-order valence-electron chi connectivity index (χ4n) is 3.16. The van der Waals surface area contributed by atoms with E-state index in [0.717, 1.165) is 22.8 Å². The van der Waals surface area contributed by atoms with Crippen LogP contribution in [0, 0.1) is 0 Å². The van der Waals surface area contributed by atoms with Crippen LogP contribution in [-0.2, 0) is 19.1 Å². The van der Waals surface area contributed by atoms with Crippen LogP contribution < -0.4 is 0 Å². The van der Waals surface area contributed by atoms with Gasteiger partial charge >= 0.3 is 11.9 Å². The first-order valence-electron chi connectivity index (χ1n) is 9.87. The van der Waals surface area contributed by atoms with Gasteiger partial charge in [-0.05, 0) is 42.7 Å². The van der Waals surface area contributed by atoms with E-state index in [1.54, 1.807) is 0 Å². The van der Waals surface area contributed by atoms with Gasteiger partial charge in [-0.25, -0.2) is 0 Å². The van der Waals surface area contributed by atoms with Gasteiger partial charge in [0.2, 0.25) is 0 Å². The van der Waals surface area contributed by atoms with Crippen LogP contribution in [0.3, 0.4) is 0 Å². The van der Waals surface area contributed by atoms with Gasteiger partial charge in [-0.3, -0.25) is 9.59 Å². The Morgan fingerprint density at radius 1 is 1.00 bits per heavy atom. The SMILES string of the molecule is CCCC(CC(=O)OC(CC=C(C)C)c1ccc2ccccc2c1)OC(C)=O. The number of rotatable bonds is 9. The van der Waals surface area contributed by atoms with Crippen molar-refractivity contribution in [3.05, 3.63) is 59.7 Å². The third-order valence-corrected chi connectivity index (χ3v) is 4.50. The summed E-state index contributed by atoms with van der Waals surface area (Å²) in [6, 6.07) is 14.2. The molecule has 2 atom stereocenters. The Morgan fingerprint density at radius 2 is 1.71 bits per heavy atom. The summed E-state index contributed by atoms with van der Waals surface area (Å²) in [7, 11) is 0. The van der Waals surface area contributed by atoms with Crippen molar-refractivity contribution in [2.75, 3.05) is 0 Å². The van der Waals surface area contributed by atoms with Crippen LogP contribution in [0.4, 0.5) is 0 Å². The van der Waals surface area contributed by atoms with Crippen LogP contribution in [0.5, 0.6) is 0 Å². The molecule has 28 heavy (non-hydrogen) atoms. The van der Waals surface area contributed by atoms with Crippen molar-refractivity contribution < 1.29 is 19.1 Å². The highest BCUT2D eigenvalue weighted by atomic mass is 16.6. The highest BCUT2D eigenvalue weighted by Crippen LogP contribution is 2.27. The second kappa shape index (κ2) is 10.6. The molecule has 0 spiro atoms. The molecule has 150 valence electrons. The summed E-state index contributed by atoms with van der Waals surface area (Å²) >= 11 is 0. The maximum Gasteiger partial charge on any atom is 0.310 e. The first-order chi connectivity index (χ1) is 13.4. The number of fused-ring (bicyclic) bond motifs is 1. The van der Waals surface area contributed by atoms with Gasteiger partial charge in [0.25, 0.3) is 0 Å². The van der Waals surface area contributed by atoms with Gasteiger partial charge in [-0.1, -0.05) is 61.4 Å². The molecule has 0 heterocycles. The maximum absolute atomic E-state index is 12.6. The molecule has 0 N–H and O–H groups in total. The van der Waals surface area contributed by atoms with Crippen molar-refractivity contribution in [3.8, 4) is 0 Å².